The molecule has 82 valence electrons. The van der Waals surface area contributed by atoms with E-state index in [0.29, 0.717) is 11.5 Å². The van der Waals surface area contributed by atoms with Crippen molar-refractivity contribution < 1.29 is 4.79 Å². The monoisotopic (exact) mass is 207 g/mol. The Labute approximate surface area is 89.9 Å². The Morgan fingerprint density at radius 1 is 1.67 bits per heavy atom. The summed E-state index contributed by atoms with van der Waals surface area (Å²) in [7, 11) is 0. The van der Waals surface area contributed by atoms with Crippen LogP contribution in [0.1, 0.15) is 25.8 Å². The summed E-state index contributed by atoms with van der Waals surface area (Å²) >= 11 is 0. The number of aromatic nitrogens is 1. The highest BCUT2D eigenvalue weighted by Gasteiger charge is 2.12. The number of nitrogen functional groups attached to an aromatic ring is 1. The van der Waals surface area contributed by atoms with E-state index < -0.39 is 0 Å². The standard InChI is InChI=1S/C11H17N3O/c1-4-7(2)11(15)14-10-8(3)5-9(12)6-13-10/h5-7H,4,12H2,1-3H3,(H,13,14,15). The second kappa shape index (κ2) is 4.77. The van der Waals surface area contributed by atoms with E-state index in [9.17, 15) is 4.79 Å². The number of amides is 1. The average Bonchev–Trinajstić information content (AvgIpc) is 2.20. The highest BCUT2D eigenvalue weighted by Crippen LogP contribution is 2.15. The first-order chi connectivity index (χ1) is 7.04. The minimum Gasteiger partial charge on any atom is -0.397 e. The highest BCUT2D eigenvalue weighted by molar-refractivity contribution is 5.92. The first-order valence-electron chi connectivity index (χ1n) is 5.07. The summed E-state index contributed by atoms with van der Waals surface area (Å²) in [5.74, 6) is 0.594. The number of carbonyl (C=O) groups is 1. The number of anilines is 2. The number of nitrogens with one attached hydrogen (secondary N) is 1. The summed E-state index contributed by atoms with van der Waals surface area (Å²) < 4.78 is 0. The molecule has 1 atom stereocenters. The molecule has 15 heavy (non-hydrogen) atoms. The number of rotatable bonds is 3. The third kappa shape index (κ3) is 2.94. The van der Waals surface area contributed by atoms with Crippen molar-refractivity contribution in [2.24, 2.45) is 5.92 Å². The van der Waals surface area contributed by atoms with Crippen LogP contribution in [0.5, 0.6) is 0 Å². The van der Waals surface area contributed by atoms with E-state index in [1.165, 1.54) is 0 Å². The van der Waals surface area contributed by atoms with Crippen molar-refractivity contribution in [3.63, 3.8) is 0 Å². The summed E-state index contributed by atoms with van der Waals surface area (Å²) in [5.41, 5.74) is 7.06. The molecule has 0 bridgehead atoms. The molecule has 0 aliphatic carbocycles. The molecule has 1 aromatic heterocycles. The van der Waals surface area contributed by atoms with Gasteiger partial charge in [0.15, 0.2) is 0 Å². The average molecular weight is 207 g/mol. The first kappa shape index (κ1) is 11.5. The van der Waals surface area contributed by atoms with Crippen LogP contribution in [0, 0.1) is 12.8 Å². The number of pyridine rings is 1. The lowest BCUT2D eigenvalue weighted by molar-refractivity contribution is -0.119. The second-order valence-electron chi connectivity index (χ2n) is 3.73. The molecule has 1 heterocycles. The van der Waals surface area contributed by atoms with Crippen molar-refractivity contribution >= 4 is 17.4 Å². The molecular weight excluding hydrogens is 190 g/mol. The molecule has 1 amide bonds. The van der Waals surface area contributed by atoms with Crippen LogP contribution in [0.25, 0.3) is 0 Å². The van der Waals surface area contributed by atoms with Crippen molar-refractivity contribution in [3.05, 3.63) is 17.8 Å². The van der Waals surface area contributed by atoms with Gasteiger partial charge in [-0.3, -0.25) is 4.79 Å². The van der Waals surface area contributed by atoms with Gasteiger partial charge in [-0.15, -0.1) is 0 Å². The molecule has 0 aliphatic heterocycles. The minimum absolute atomic E-state index is 0.00197. The first-order valence-corrected chi connectivity index (χ1v) is 5.07. The number of nitrogens with two attached hydrogens (primary N) is 1. The van der Waals surface area contributed by atoms with Crippen LogP contribution in [-0.2, 0) is 4.79 Å². The van der Waals surface area contributed by atoms with E-state index in [1.54, 1.807) is 12.3 Å². The van der Waals surface area contributed by atoms with Gasteiger partial charge >= 0.3 is 0 Å². The maximum absolute atomic E-state index is 11.6. The van der Waals surface area contributed by atoms with Crippen LogP contribution >= 0.6 is 0 Å². The Kier molecular flexibility index (Phi) is 3.66. The zero-order valence-electron chi connectivity index (χ0n) is 9.37. The number of hydrogen-bond acceptors (Lipinski definition) is 3. The molecule has 4 heteroatoms. The van der Waals surface area contributed by atoms with E-state index in [1.807, 2.05) is 20.8 Å². The van der Waals surface area contributed by atoms with E-state index >= 15 is 0 Å². The Hall–Kier alpha value is -1.58. The van der Waals surface area contributed by atoms with Gasteiger partial charge in [0.25, 0.3) is 0 Å². The van der Waals surface area contributed by atoms with Gasteiger partial charge < -0.3 is 11.1 Å². The topological polar surface area (TPSA) is 68.0 Å². The van der Waals surface area contributed by atoms with Crippen LogP contribution in [0.3, 0.4) is 0 Å². The predicted molar refractivity (Wildman–Crippen MR) is 61.5 cm³/mol. The summed E-state index contributed by atoms with van der Waals surface area (Å²) in [6, 6.07) is 1.79. The van der Waals surface area contributed by atoms with Crippen molar-refractivity contribution in [2.75, 3.05) is 11.1 Å². The maximum atomic E-state index is 11.6. The lowest BCUT2D eigenvalue weighted by Gasteiger charge is -2.11. The molecule has 1 unspecified atom stereocenters. The Morgan fingerprint density at radius 2 is 2.33 bits per heavy atom. The molecule has 3 N–H and O–H groups in total. The Balaban J connectivity index is 2.77. The van der Waals surface area contributed by atoms with Crippen LogP contribution in [0.15, 0.2) is 12.3 Å². The van der Waals surface area contributed by atoms with E-state index in [2.05, 4.69) is 10.3 Å². The zero-order valence-corrected chi connectivity index (χ0v) is 9.37. The lowest BCUT2D eigenvalue weighted by Crippen LogP contribution is -2.20. The van der Waals surface area contributed by atoms with Crippen LogP contribution in [0.2, 0.25) is 0 Å². The van der Waals surface area contributed by atoms with Gasteiger partial charge in [0.1, 0.15) is 5.82 Å². The quantitative estimate of drug-likeness (QED) is 0.796. The van der Waals surface area contributed by atoms with Crippen LogP contribution < -0.4 is 11.1 Å². The number of nitrogens with zero attached hydrogens (tertiary/aromatic N) is 1. The van der Waals surface area contributed by atoms with Gasteiger partial charge in [-0.2, -0.15) is 0 Å². The van der Waals surface area contributed by atoms with Gasteiger partial charge in [0, 0.05) is 5.92 Å². The van der Waals surface area contributed by atoms with Crippen molar-refractivity contribution in [2.45, 2.75) is 27.2 Å². The molecule has 0 saturated carbocycles. The summed E-state index contributed by atoms with van der Waals surface area (Å²) in [6.07, 6.45) is 2.36. The second-order valence-corrected chi connectivity index (χ2v) is 3.73. The molecule has 4 nitrogen and oxygen atoms in total. The molecule has 0 fully saturated rings. The Morgan fingerprint density at radius 3 is 2.87 bits per heavy atom. The molecule has 0 radical (unpaired) electrons. The number of carbonyl (C=O) groups excluding carboxylic acids is 1. The van der Waals surface area contributed by atoms with E-state index in [-0.39, 0.29) is 11.8 Å². The van der Waals surface area contributed by atoms with E-state index in [4.69, 9.17) is 5.73 Å². The van der Waals surface area contributed by atoms with Crippen molar-refractivity contribution in [1.29, 1.82) is 0 Å². The smallest absolute Gasteiger partial charge is 0.228 e. The zero-order chi connectivity index (χ0) is 11.4. The van der Waals surface area contributed by atoms with Crippen LogP contribution in [-0.4, -0.2) is 10.9 Å². The number of aryl methyl sites for hydroxylation is 1. The summed E-state index contributed by atoms with van der Waals surface area (Å²) in [5, 5.41) is 2.78. The van der Waals surface area contributed by atoms with Gasteiger partial charge in [-0.05, 0) is 25.0 Å². The fraction of sp³-hybridized carbons (Fsp3) is 0.455. The van der Waals surface area contributed by atoms with Gasteiger partial charge in [0.2, 0.25) is 5.91 Å². The summed E-state index contributed by atoms with van der Waals surface area (Å²) in [6.45, 7) is 5.74. The lowest BCUT2D eigenvalue weighted by atomic mass is 10.1. The van der Waals surface area contributed by atoms with Gasteiger partial charge in [-0.25, -0.2) is 4.98 Å². The summed E-state index contributed by atoms with van der Waals surface area (Å²) in [4.78, 5) is 15.7. The number of hydrogen-bond donors (Lipinski definition) is 2. The minimum atomic E-state index is -0.00197. The SMILES string of the molecule is CCC(C)C(=O)Nc1ncc(N)cc1C. The fourth-order valence-corrected chi connectivity index (χ4v) is 1.15. The van der Waals surface area contributed by atoms with Gasteiger partial charge in [-0.1, -0.05) is 13.8 Å². The largest absolute Gasteiger partial charge is 0.397 e. The third-order valence-corrected chi connectivity index (χ3v) is 2.40. The molecule has 0 aliphatic rings. The molecular formula is C11H17N3O. The normalized spacial score (nSPS) is 12.2. The molecule has 1 aromatic rings. The predicted octanol–water partition coefficient (Wildman–Crippen LogP) is 1.96. The highest BCUT2D eigenvalue weighted by atomic mass is 16.1. The Bertz CT molecular complexity index is 363. The molecule has 0 aromatic carbocycles. The van der Waals surface area contributed by atoms with Gasteiger partial charge in [0.05, 0.1) is 11.9 Å². The maximum Gasteiger partial charge on any atom is 0.228 e. The fourth-order valence-electron chi connectivity index (χ4n) is 1.15. The van der Waals surface area contributed by atoms with E-state index in [0.717, 1.165) is 12.0 Å². The molecule has 0 saturated heterocycles. The van der Waals surface area contributed by atoms with Crippen molar-refractivity contribution in [3.8, 4) is 0 Å². The van der Waals surface area contributed by atoms with Crippen LogP contribution in [0.4, 0.5) is 11.5 Å². The molecule has 1 rings (SSSR count). The molecule has 0 spiro atoms. The third-order valence-electron chi connectivity index (χ3n) is 2.40. The van der Waals surface area contributed by atoms with Crippen molar-refractivity contribution in [1.82, 2.24) is 4.98 Å².